The topological polar surface area (TPSA) is 76.1 Å². The van der Waals surface area contributed by atoms with Crippen LogP contribution in [0, 0.1) is 0 Å². The summed E-state index contributed by atoms with van der Waals surface area (Å²) < 4.78 is 11.4. The molecule has 2 aromatic carbocycles. The highest BCUT2D eigenvalue weighted by Gasteiger charge is 2.24. The highest BCUT2D eigenvalue weighted by Crippen LogP contribution is 2.34. The first-order valence-corrected chi connectivity index (χ1v) is 9.53. The molecule has 0 fully saturated rings. The third-order valence-corrected chi connectivity index (χ3v) is 4.82. The first-order chi connectivity index (χ1) is 13.5. The van der Waals surface area contributed by atoms with Crippen molar-refractivity contribution in [3.05, 3.63) is 58.7 Å². The van der Waals surface area contributed by atoms with E-state index in [1.54, 1.807) is 23.1 Å². The number of hydrogen-bond donors (Lipinski definition) is 1. The molecule has 1 aliphatic heterocycles. The number of benzene rings is 2. The van der Waals surface area contributed by atoms with E-state index in [0.29, 0.717) is 37.6 Å². The quantitative estimate of drug-likeness (QED) is 0.794. The molecule has 1 amide bonds. The monoisotopic (exact) mass is 383 g/mol. The van der Waals surface area contributed by atoms with E-state index >= 15 is 0 Å². The van der Waals surface area contributed by atoms with Crippen LogP contribution in [0.1, 0.15) is 40.9 Å². The molecular formula is C22H25NO5. The molecule has 0 saturated heterocycles. The molecule has 0 aromatic heterocycles. The summed E-state index contributed by atoms with van der Waals surface area (Å²) in [5, 5.41) is 9.32. The molecule has 1 N–H and O–H groups in total. The number of fused-ring (bicyclic) bond motifs is 1. The third kappa shape index (κ3) is 4.27. The molecule has 1 aliphatic rings. The maximum Gasteiger partial charge on any atom is 0.335 e. The normalized spacial score (nSPS) is 13.0. The number of carbonyl (C=O) groups is 2. The van der Waals surface area contributed by atoms with Gasteiger partial charge in [-0.05, 0) is 55.2 Å². The number of rotatable bonds is 7. The Morgan fingerprint density at radius 1 is 1.04 bits per heavy atom. The average Bonchev–Trinajstić information content (AvgIpc) is 2.68. The Balaban J connectivity index is 1.78. The molecule has 3 rings (SSSR count). The lowest BCUT2D eigenvalue weighted by Gasteiger charge is -2.30. The molecule has 0 spiro atoms. The Kier molecular flexibility index (Phi) is 6.19. The van der Waals surface area contributed by atoms with Crippen molar-refractivity contribution in [2.45, 2.75) is 33.2 Å². The predicted octanol–water partition coefficient (Wildman–Crippen LogP) is 3.31. The van der Waals surface area contributed by atoms with Crippen molar-refractivity contribution in [1.29, 1.82) is 0 Å². The lowest BCUT2D eigenvalue weighted by molar-refractivity contribution is -0.131. The zero-order valence-electron chi connectivity index (χ0n) is 16.2. The van der Waals surface area contributed by atoms with Crippen LogP contribution in [0.4, 0.5) is 0 Å². The predicted molar refractivity (Wildman–Crippen MR) is 105 cm³/mol. The first kappa shape index (κ1) is 19.7. The van der Waals surface area contributed by atoms with E-state index in [1.165, 1.54) is 6.07 Å². The minimum atomic E-state index is -1.02. The zero-order chi connectivity index (χ0) is 20.1. The SMILES string of the molecule is CCOc1cc2c(cc1OCC)CN(C(=O)Cc1ccccc1C(=O)O)CC2. The van der Waals surface area contributed by atoms with Crippen LogP contribution in [0.15, 0.2) is 36.4 Å². The standard InChI is InChI=1S/C22H25NO5/c1-3-27-19-11-15-9-10-23(14-17(15)12-20(19)28-4-2)21(24)13-16-7-5-6-8-18(16)22(25)26/h5-8,11-12H,3-4,9-10,13-14H2,1-2H3,(H,25,26). The number of ether oxygens (including phenoxy) is 2. The van der Waals surface area contributed by atoms with Crippen LogP contribution < -0.4 is 9.47 Å². The van der Waals surface area contributed by atoms with Gasteiger partial charge < -0.3 is 19.5 Å². The number of amides is 1. The lowest BCUT2D eigenvalue weighted by Crippen LogP contribution is -2.37. The Hall–Kier alpha value is -3.02. The molecule has 6 nitrogen and oxygen atoms in total. The van der Waals surface area contributed by atoms with Crippen LogP contribution >= 0.6 is 0 Å². The lowest BCUT2D eigenvalue weighted by atomic mass is 9.97. The van der Waals surface area contributed by atoms with E-state index in [0.717, 1.165) is 23.3 Å². The van der Waals surface area contributed by atoms with Gasteiger partial charge in [-0.2, -0.15) is 0 Å². The summed E-state index contributed by atoms with van der Waals surface area (Å²) in [6.07, 6.45) is 0.807. The van der Waals surface area contributed by atoms with Crippen molar-refractivity contribution in [3.8, 4) is 11.5 Å². The van der Waals surface area contributed by atoms with Gasteiger partial charge in [0, 0.05) is 13.1 Å². The molecule has 0 aliphatic carbocycles. The van der Waals surface area contributed by atoms with Crippen molar-refractivity contribution >= 4 is 11.9 Å². The van der Waals surface area contributed by atoms with Crippen LogP contribution in [0.25, 0.3) is 0 Å². The van der Waals surface area contributed by atoms with Crippen molar-refractivity contribution in [1.82, 2.24) is 4.90 Å². The average molecular weight is 383 g/mol. The van der Waals surface area contributed by atoms with Crippen molar-refractivity contribution in [2.75, 3.05) is 19.8 Å². The number of carbonyl (C=O) groups excluding carboxylic acids is 1. The Morgan fingerprint density at radius 3 is 2.32 bits per heavy atom. The Labute approximate surface area is 164 Å². The minimum Gasteiger partial charge on any atom is -0.490 e. The molecular weight excluding hydrogens is 358 g/mol. The van der Waals surface area contributed by atoms with E-state index in [9.17, 15) is 14.7 Å². The summed E-state index contributed by atoms with van der Waals surface area (Å²) >= 11 is 0. The molecule has 0 unspecified atom stereocenters. The summed E-state index contributed by atoms with van der Waals surface area (Å²) in [5.41, 5.74) is 2.90. The van der Waals surface area contributed by atoms with Gasteiger partial charge >= 0.3 is 5.97 Å². The number of aromatic carboxylic acids is 1. The summed E-state index contributed by atoms with van der Waals surface area (Å²) in [5.74, 6) is 0.329. The fourth-order valence-electron chi connectivity index (χ4n) is 3.47. The highest BCUT2D eigenvalue weighted by atomic mass is 16.5. The van der Waals surface area contributed by atoms with Crippen LogP contribution in [-0.2, 0) is 24.2 Å². The molecule has 0 bridgehead atoms. The van der Waals surface area contributed by atoms with Crippen molar-refractivity contribution in [3.63, 3.8) is 0 Å². The molecule has 0 saturated carbocycles. The van der Waals surface area contributed by atoms with E-state index in [4.69, 9.17) is 9.47 Å². The number of hydrogen-bond acceptors (Lipinski definition) is 4. The molecule has 0 atom stereocenters. The van der Waals surface area contributed by atoms with Gasteiger partial charge in [0.25, 0.3) is 0 Å². The van der Waals surface area contributed by atoms with Crippen molar-refractivity contribution < 1.29 is 24.2 Å². The molecule has 148 valence electrons. The molecule has 1 heterocycles. The van der Waals surface area contributed by atoms with Gasteiger partial charge in [-0.25, -0.2) is 4.79 Å². The number of nitrogens with zero attached hydrogens (tertiary/aromatic N) is 1. The van der Waals surface area contributed by atoms with Crippen molar-refractivity contribution in [2.24, 2.45) is 0 Å². The molecule has 6 heteroatoms. The van der Waals surface area contributed by atoms with E-state index in [2.05, 4.69) is 0 Å². The van der Waals surface area contributed by atoms with Gasteiger partial charge in [-0.1, -0.05) is 18.2 Å². The van der Waals surface area contributed by atoms with Gasteiger partial charge in [0.2, 0.25) is 5.91 Å². The van der Waals surface area contributed by atoms with E-state index in [1.807, 2.05) is 26.0 Å². The van der Waals surface area contributed by atoms with Gasteiger partial charge in [-0.3, -0.25) is 4.79 Å². The molecule has 2 aromatic rings. The number of carboxylic acids is 1. The maximum atomic E-state index is 12.8. The summed E-state index contributed by atoms with van der Waals surface area (Å²) in [7, 11) is 0. The Morgan fingerprint density at radius 2 is 1.68 bits per heavy atom. The molecule has 0 radical (unpaired) electrons. The largest absolute Gasteiger partial charge is 0.490 e. The van der Waals surface area contributed by atoms with E-state index < -0.39 is 5.97 Å². The second-order valence-electron chi connectivity index (χ2n) is 6.64. The first-order valence-electron chi connectivity index (χ1n) is 9.53. The van der Waals surface area contributed by atoms with Crippen LogP contribution in [0.5, 0.6) is 11.5 Å². The summed E-state index contributed by atoms with van der Waals surface area (Å²) in [6, 6.07) is 10.6. The fourth-order valence-corrected chi connectivity index (χ4v) is 3.47. The molecule has 28 heavy (non-hydrogen) atoms. The Bertz CT molecular complexity index is 877. The second-order valence-corrected chi connectivity index (χ2v) is 6.64. The van der Waals surface area contributed by atoms with E-state index in [-0.39, 0.29) is 17.9 Å². The van der Waals surface area contributed by atoms with Gasteiger partial charge in [0.05, 0.1) is 25.2 Å². The fraction of sp³-hybridized carbons (Fsp3) is 0.364. The summed E-state index contributed by atoms with van der Waals surface area (Å²) in [4.78, 5) is 26.0. The maximum absolute atomic E-state index is 12.8. The van der Waals surface area contributed by atoms with Crippen LogP contribution in [0.2, 0.25) is 0 Å². The van der Waals surface area contributed by atoms with Gasteiger partial charge in [0.1, 0.15) is 0 Å². The zero-order valence-corrected chi connectivity index (χ0v) is 16.2. The smallest absolute Gasteiger partial charge is 0.335 e. The second kappa shape index (κ2) is 8.78. The number of carboxylic acid groups (broad SMARTS) is 1. The summed E-state index contributed by atoms with van der Waals surface area (Å²) in [6.45, 7) is 6.03. The van der Waals surface area contributed by atoms with Gasteiger partial charge in [0.15, 0.2) is 11.5 Å². The van der Waals surface area contributed by atoms with Gasteiger partial charge in [-0.15, -0.1) is 0 Å². The van der Waals surface area contributed by atoms with Crippen LogP contribution in [-0.4, -0.2) is 41.6 Å². The highest BCUT2D eigenvalue weighted by molar-refractivity contribution is 5.91. The third-order valence-electron chi connectivity index (χ3n) is 4.82. The van der Waals surface area contributed by atoms with Crippen LogP contribution in [0.3, 0.4) is 0 Å². The minimum absolute atomic E-state index is 0.0765.